The summed E-state index contributed by atoms with van der Waals surface area (Å²) >= 11 is 6.23. The number of likely N-dealkylation sites (N-methyl/N-ethyl adjacent to an activating group) is 1. The van der Waals surface area contributed by atoms with Crippen molar-refractivity contribution in [3.63, 3.8) is 0 Å². The maximum Gasteiger partial charge on any atom is 0.351 e. The van der Waals surface area contributed by atoms with E-state index >= 15 is 0 Å². The van der Waals surface area contributed by atoms with Gasteiger partial charge in [-0.25, -0.2) is 4.79 Å². The Bertz CT molecular complexity index is 800. The van der Waals surface area contributed by atoms with E-state index in [-0.39, 0.29) is 0 Å². The van der Waals surface area contributed by atoms with Crippen molar-refractivity contribution in [3.8, 4) is 0 Å². The minimum absolute atomic E-state index is 0.863. The molecule has 0 saturated heterocycles. The van der Waals surface area contributed by atoms with Crippen LogP contribution in [-0.2, 0) is 29.0 Å². The molecule has 27 heavy (non-hydrogen) atoms. The van der Waals surface area contributed by atoms with Crippen LogP contribution >= 0.6 is 11.6 Å². The van der Waals surface area contributed by atoms with Gasteiger partial charge < -0.3 is 24.5 Å². The number of rotatable bonds is 5. The smallest absolute Gasteiger partial charge is 0.351 e. The normalized spacial score (nSPS) is 13.2. The van der Waals surface area contributed by atoms with Crippen molar-refractivity contribution in [2.45, 2.75) is 46.1 Å². The lowest BCUT2D eigenvalue weighted by Gasteiger charge is -2.19. The number of fused-ring (bicyclic) bond motifs is 3. The number of aryl methyl sites for hydroxylation is 1. The monoisotopic (exact) mass is 394 g/mol. The summed E-state index contributed by atoms with van der Waals surface area (Å²) < 4.78 is 2.57. The van der Waals surface area contributed by atoms with Crippen LogP contribution in [-0.4, -0.2) is 41.2 Å². The van der Waals surface area contributed by atoms with Gasteiger partial charge in [-0.3, -0.25) is 0 Å². The van der Waals surface area contributed by atoms with Crippen LogP contribution < -0.4 is 10.0 Å². The Hall–Kier alpha value is -2.05. The van der Waals surface area contributed by atoms with Gasteiger partial charge in [-0.15, -0.1) is 0 Å². The van der Waals surface area contributed by atoms with Crippen LogP contribution in [0.1, 0.15) is 37.9 Å². The van der Waals surface area contributed by atoms with Gasteiger partial charge in [-0.2, -0.15) is 0 Å². The van der Waals surface area contributed by atoms with Crippen LogP contribution in [0.5, 0.6) is 0 Å². The van der Waals surface area contributed by atoms with E-state index in [0.717, 1.165) is 11.6 Å². The van der Waals surface area contributed by atoms with Crippen molar-refractivity contribution in [3.05, 3.63) is 34.5 Å². The molecule has 0 atom stereocenters. The summed E-state index contributed by atoms with van der Waals surface area (Å²) in [6.07, 6.45) is 5.10. The highest BCUT2D eigenvalue weighted by atomic mass is 35.5. The van der Waals surface area contributed by atoms with Crippen molar-refractivity contribution in [2.75, 3.05) is 19.6 Å². The predicted molar refractivity (Wildman–Crippen MR) is 103 cm³/mol. The minimum Gasteiger partial charge on any atom is -0.539 e. The van der Waals surface area contributed by atoms with Crippen molar-refractivity contribution < 1.29 is 24.7 Å². The molecule has 0 spiro atoms. The zero-order valence-electron chi connectivity index (χ0n) is 15.9. The van der Waals surface area contributed by atoms with Gasteiger partial charge in [-0.05, 0) is 63.3 Å². The maximum absolute atomic E-state index is 9.04. The number of aromatic nitrogens is 1. The van der Waals surface area contributed by atoms with Gasteiger partial charge in [0.05, 0.1) is 26.2 Å². The Morgan fingerprint density at radius 2 is 1.85 bits per heavy atom. The molecule has 0 saturated carbocycles. The number of aliphatic carboxylic acids is 2. The summed E-state index contributed by atoms with van der Waals surface area (Å²) in [5.41, 5.74) is 4.52. The second-order valence-corrected chi connectivity index (χ2v) is 7.18. The standard InChI is InChI=1S/C18H25ClN2.C2H2O4/c1-3-20(4-2)11-12-21-17-8-6-5-7-15(17)16-13-14(19)9-10-18(16)21;3-1(4)2(5)6/h9-10,13H,3-8,11-12H2,1-2H3;(H,3,4)(H,5,6). The maximum atomic E-state index is 9.04. The van der Waals surface area contributed by atoms with E-state index < -0.39 is 11.9 Å². The molecular weight excluding hydrogens is 368 g/mol. The van der Waals surface area contributed by atoms with Crippen molar-refractivity contribution in [1.29, 1.82) is 0 Å². The van der Waals surface area contributed by atoms with Crippen LogP contribution in [0.2, 0.25) is 5.02 Å². The zero-order chi connectivity index (χ0) is 20.0. The first-order valence-electron chi connectivity index (χ1n) is 9.46. The van der Waals surface area contributed by atoms with Gasteiger partial charge in [-0.1, -0.05) is 11.6 Å². The van der Waals surface area contributed by atoms with E-state index in [9.17, 15) is 0 Å². The lowest BCUT2D eigenvalue weighted by Crippen LogP contribution is -3.11. The quantitative estimate of drug-likeness (QED) is 0.738. The van der Waals surface area contributed by atoms with Crippen LogP contribution in [0.3, 0.4) is 0 Å². The number of hydrogen-bond donors (Lipinski definition) is 2. The van der Waals surface area contributed by atoms with Gasteiger partial charge in [0, 0.05) is 21.6 Å². The lowest BCUT2D eigenvalue weighted by molar-refractivity contribution is -0.897. The lowest BCUT2D eigenvalue weighted by atomic mass is 9.95. The fraction of sp³-hybridized carbons (Fsp3) is 0.500. The number of carbonyl (C=O) groups excluding carboxylic acids is 1. The first-order chi connectivity index (χ1) is 12.9. The molecule has 0 unspecified atom stereocenters. The van der Waals surface area contributed by atoms with E-state index in [4.69, 9.17) is 31.4 Å². The molecule has 0 amide bonds. The van der Waals surface area contributed by atoms with Crippen molar-refractivity contribution in [1.82, 2.24) is 4.57 Å². The summed E-state index contributed by atoms with van der Waals surface area (Å²) in [4.78, 5) is 19.7. The Kier molecular flexibility index (Phi) is 7.68. The summed E-state index contributed by atoms with van der Waals surface area (Å²) in [6, 6.07) is 6.42. The fourth-order valence-corrected chi connectivity index (χ4v) is 3.91. The number of benzene rings is 1. The van der Waals surface area contributed by atoms with Crippen LogP contribution in [0.15, 0.2) is 18.2 Å². The van der Waals surface area contributed by atoms with E-state index in [1.807, 2.05) is 6.07 Å². The average molecular weight is 395 g/mol. The van der Waals surface area contributed by atoms with Gasteiger partial charge in [0.1, 0.15) is 0 Å². The highest BCUT2D eigenvalue weighted by Gasteiger charge is 2.20. The first-order valence-corrected chi connectivity index (χ1v) is 9.84. The SMILES string of the molecule is CC[NH+](CC)CCn1c2c(c3cc(Cl)ccc31)CCCC2.O=C([O-])C(=O)O. The van der Waals surface area contributed by atoms with Gasteiger partial charge >= 0.3 is 5.97 Å². The number of carboxylic acids is 2. The fourth-order valence-electron chi connectivity index (χ4n) is 3.74. The largest absolute Gasteiger partial charge is 0.539 e. The number of halogens is 1. The Morgan fingerprint density at radius 3 is 2.44 bits per heavy atom. The third-order valence-electron chi connectivity index (χ3n) is 5.20. The van der Waals surface area contributed by atoms with Gasteiger partial charge in [0.2, 0.25) is 0 Å². The molecule has 0 radical (unpaired) electrons. The number of quaternary nitrogens is 1. The number of hydrogen-bond acceptors (Lipinski definition) is 3. The molecule has 7 heteroatoms. The Balaban J connectivity index is 0.000000380. The predicted octanol–water partition coefficient (Wildman–Crippen LogP) is 0.919. The third-order valence-corrected chi connectivity index (χ3v) is 5.44. The number of carboxylic acid groups (broad SMARTS) is 2. The summed E-state index contributed by atoms with van der Waals surface area (Å²) in [5, 5.41) is 18.6. The average Bonchev–Trinajstić information content (AvgIpc) is 2.96. The number of carbonyl (C=O) groups is 2. The van der Waals surface area contributed by atoms with E-state index in [2.05, 4.69) is 30.5 Å². The molecule has 148 valence electrons. The first kappa shape index (κ1) is 21.3. The molecule has 1 aliphatic carbocycles. The second kappa shape index (κ2) is 9.76. The van der Waals surface area contributed by atoms with E-state index in [0.29, 0.717) is 0 Å². The molecule has 0 aliphatic heterocycles. The van der Waals surface area contributed by atoms with E-state index in [1.54, 1.807) is 16.2 Å². The van der Waals surface area contributed by atoms with Gasteiger partial charge in [0.25, 0.3) is 0 Å². The minimum atomic E-state index is -2.07. The zero-order valence-corrected chi connectivity index (χ0v) is 16.6. The molecule has 1 heterocycles. The number of nitrogens with zero attached hydrogens (tertiary/aromatic N) is 1. The topological polar surface area (TPSA) is 86.8 Å². The molecule has 0 bridgehead atoms. The molecule has 1 aromatic heterocycles. The molecule has 6 nitrogen and oxygen atoms in total. The highest BCUT2D eigenvalue weighted by molar-refractivity contribution is 6.31. The third kappa shape index (κ3) is 5.23. The van der Waals surface area contributed by atoms with Crippen molar-refractivity contribution in [2.24, 2.45) is 0 Å². The van der Waals surface area contributed by atoms with Crippen LogP contribution in [0.4, 0.5) is 0 Å². The van der Waals surface area contributed by atoms with Crippen LogP contribution in [0.25, 0.3) is 10.9 Å². The Labute approximate surface area is 164 Å². The molecule has 2 N–H and O–H groups in total. The summed E-state index contributed by atoms with van der Waals surface area (Å²) in [7, 11) is 0. The van der Waals surface area contributed by atoms with Crippen LogP contribution in [0, 0.1) is 0 Å². The summed E-state index contributed by atoms with van der Waals surface area (Å²) in [6.45, 7) is 9.33. The molecule has 1 aliphatic rings. The Morgan fingerprint density at radius 1 is 1.22 bits per heavy atom. The number of nitrogens with one attached hydrogen (secondary N) is 1. The molecule has 0 fully saturated rings. The van der Waals surface area contributed by atoms with Crippen molar-refractivity contribution >= 4 is 34.4 Å². The molecule has 1 aromatic carbocycles. The van der Waals surface area contributed by atoms with Gasteiger partial charge in [0.15, 0.2) is 5.97 Å². The molecule has 2 aromatic rings. The molecule has 3 rings (SSSR count). The summed E-state index contributed by atoms with van der Waals surface area (Å²) in [5.74, 6) is -4.01. The van der Waals surface area contributed by atoms with E-state index in [1.165, 1.54) is 56.2 Å². The second-order valence-electron chi connectivity index (χ2n) is 6.75. The molecular formula is C20H27ClN2O4. The highest BCUT2D eigenvalue weighted by Crippen LogP contribution is 2.33.